The molecule has 1 aromatic carbocycles. The quantitative estimate of drug-likeness (QED) is 0.354. The molecule has 3 atom stereocenters. The third kappa shape index (κ3) is 4.36. The Balaban J connectivity index is 1.46. The van der Waals surface area contributed by atoms with Crippen molar-refractivity contribution in [1.82, 2.24) is 34.0 Å². The summed E-state index contributed by atoms with van der Waals surface area (Å²) in [5, 5.41) is 7.99. The number of hydrogen-bond acceptors (Lipinski definition) is 6. The van der Waals surface area contributed by atoms with Gasteiger partial charge in [0.15, 0.2) is 11.5 Å². The van der Waals surface area contributed by atoms with Crippen molar-refractivity contribution in [3.63, 3.8) is 0 Å². The lowest BCUT2D eigenvalue weighted by Gasteiger charge is -2.44. The van der Waals surface area contributed by atoms with Gasteiger partial charge in [0, 0.05) is 38.8 Å². The average Bonchev–Trinajstić information content (AvgIpc) is 3.44. The van der Waals surface area contributed by atoms with Gasteiger partial charge in [-0.15, -0.1) is 10.2 Å². The van der Waals surface area contributed by atoms with E-state index in [1.807, 2.05) is 23.4 Å². The van der Waals surface area contributed by atoms with Crippen LogP contribution in [0.5, 0.6) is 0 Å². The minimum atomic E-state index is -4.35. The number of nitrogens with zero attached hydrogens (tertiary/aromatic N) is 8. The van der Waals surface area contributed by atoms with E-state index in [2.05, 4.69) is 25.1 Å². The van der Waals surface area contributed by atoms with E-state index in [-0.39, 0.29) is 17.5 Å². The van der Waals surface area contributed by atoms with Gasteiger partial charge in [0.05, 0.1) is 17.3 Å². The number of aryl methyl sites for hydroxylation is 1. The first-order valence-electron chi connectivity index (χ1n) is 11.6. The van der Waals surface area contributed by atoms with Crippen LogP contribution in [-0.2, 0) is 7.05 Å². The fourth-order valence-corrected chi connectivity index (χ4v) is 5.05. The summed E-state index contributed by atoms with van der Waals surface area (Å²) in [4.78, 5) is 13.3. The van der Waals surface area contributed by atoms with Gasteiger partial charge in [0.2, 0.25) is 0 Å². The van der Waals surface area contributed by atoms with Crippen molar-refractivity contribution < 1.29 is 17.6 Å². The first kappa shape index (κ1) is 24.7. The number of aromatic nitrogens is 6. The number of rotatable bonds is 5. The molecule has 3 aromatic heterocycles. The third-order valence-corrected chi connectivity index (χ3v) is 7.22. The second-order valence-corrected chi connectivity index (χ2v) is 9.78. The molecule has 192 valence electrons. The van der Waals surface area contributed by atoms with Crippen molar-refractivity contribution in [1.29, 1.82) is 0 Å². The highest BCUT2D eigenvalue weighted by molar-refractivity contribution is 6.30. The Bertz CT molecular complexity index is 1400. The van der Waals surface area contributed by atoms with E-state index in [4.69, 9.17) is 11.6 Å². The summed E-state index contributed by atoms with van der Waals surface area (Å²) in [6, 6.07) is 3.51. The minimum absolute atomic E-state index is 0.0612. The minimum Gasteiger partial charge on any atom is -0.349 e. The Morgan fingerprint density at radius 2 is 1.97 bits per heavy atom. The number of halogens is 5. The van der Waals surface area contributed by atoms with Gasteiger partial charge >= 0.3 is 6.18 Å². The van der Waals surface area contributed by atoms with Crippen LogP contribution < -0.4 is 4.90 Å². The lowest BCUT2D eigenvalue weighted by molar-refractivity contribution is -0.175. The first-order valence-corrected chi connectivity index (χ1v) is 12.0. The number of anilines is 1. The maximum Gasteiger partial charge on any atom is 0.391 e. The Labute approximate surface area is 209 Å². The molecule has 0 amide bonds. The highest BCUT2D eigenvalue weighted by Gasteiger charge is 2.40. The van der Waals surface area contributed by atoms with Crippen LogP contribution in [-0.4, -0.2) is 65.9 Å². The van der Waals surface area contributed by atoms with Gasteiger partial charge in [0.1, 0.15) is 17.7 Å². The van der Waals surface area contributed by atoms with Crippen LogP contribution in [0.1, 0.15) is 31.9 Å². The zero-order valence-corrected chi connectivity index (χ0v) is 20.7. The van der Waals surface area contributed by atoms with Crippen molar-refractivity contribution in [2.24, 2.45) is 13.0 Å². The normalized spacial score (nSPS) is 19.3. The van der Waals surface area contributed by atoms with Crippen LogP contribution >= 0.6 is 11.6 Å². The molecule has 8 nitrogen and oxygen atoms in total. The summed E-state index contributed by atoms with van der Waals surface area (Å²) in [5.41, 5.74) is 1.96. The van der Waals surface area contributed by atoms with Crippen molar-refractivity contribution in [2.75, 3.05) is 24.5 Å². The van der Waals surface area contributed by atoms with Crippen LogP contribution in [0.3, 0.4) is 0 Å². The fourth-order valence-electron chi connectivity index (χ4n) is 4.94. The molecular formula is C23H25ClF4N8. The summed E-state index contributed by atoms with van der Waals surface area (Å²) in [7, 11) is 1.87. The number of imidazole rings is 1. The summed E-state index contributed by atoms with van der Waals surface area (Å²) in [6.07, 6.45) is -1.26. The predicted octanol–water partition coefficient (Wildman–Crippen LogP) is 4.64. The van der Waals surface area contributed by atoms with Gasteiger partial charge in [-0.25, -0.2) is 13.8 Å². The van der Waals surface area contributed by atoms with Gasteiger partial charge in [-0.1, -0.05) is 24.6 Å². The Morgan fingerprint density at radius 3 is 2.67 bits per heavy atom. The maximum atomic E-state index is 14.3. The van der Waals surface area contributed by atoms with E-state index in [0.29, 0.717) is 42.3 Å². The second-order valence-electron chi connectivity index (χ2n) is 9.37. The molecule has 0 radical (unpaired) electrons. The summed E-state index contributed by atoms with van der Waals surface area (Å²) in [5.74, 6) is -1.12. The molecule has 5 rings (SSSR count). The molecule has 0 aliphatic carbocycles. The van der Waals surface area contributed by atoms with Gasteiger partial charge < -0.3 is 9.47 Å². The maximum absolute atomic E-state index is 14.3. The van der Waals surface area contributed by atoms with E-state index in [1.165, 1.54) is 12.1 Å². The number of hydrogen-bond donors (Lipinski definition) is 0. The van der Waals surface area contributed by atoms with Crippen LogP contribution in [0.2, 0.25) is 5.02 Å². The topological polar surface area (TPSA) is 67.4 Å². The van der Waals surface area contributed by atoms with Crippen LogP contribution in [0.25, 0.3) is 16.9 Å². The van der Waals surface area contributed by atoms with Crippen molar-refractivity contribution >= 4 is 34.4 Å². The summed E-state index contributed by atoms with van der Waals surface area (Å²) in [6.45, 7) is 4.56. The van der Waals surface area contributed by atoms with Gasteiger partial charge in [0.25, 0.3) is 5.78 Å². The largest absolute Gasteiger partial charge is 0.391 e. The van der Waals surface area contributed by atoms with E-state index >= 15 is 0 Å². The zero-order chi connectivity index (χ0) is 25.8. The third-order valence-electron chi connectivity index (χ3n) is 6.92. The first-order chi connectivity index (χ1) is 17.0. The molecule has 13 heteroatoms. The highest BCUT2D eigenvalue weighted by Crippen LogP contribution is 2.38. The molecule has 1 saturated heterocycles. The standard InChI is InChI=1S/C23H25ClF4N8/c1-13(23(26,27)28)8-18(15-4-5-16(24)17(25)9-15)34-6-7-35(14(2)10-34)20-19-21(33(3)11-29-19)36-12-30-32-22(36)31-20/h4-5,9,11-14,18H,6-8,10H2,1-3H3. The molecule has 4 heterocycles. The van der Waals surface area contributed by atoms with Gasteiger partial charge in [-0.2, -0.15) is 18.2 Å². The molecule has 0 bridgehead atoms. The number of piperazine rings is 1. The molecule has 0 spiro atoms. The summed E-state index contributed by atoms with van der Waals surface area (Å²) < 4.78 is 58.4. The molecule has 1 aliphatic heterocycles. The van der Waals surface area contributed by atoms with Crippen LogP contribution in [0, 0.1) is 11.7 Å². The molecule has 4 aromatic rings. The lowest BCUT2D eigenvalue weighted by Crippen LogP contribution is -2.53. The highest BCUT2D eigenvalue weighted by atomic mass is 35.5. The van der Waals surface area contributed by atoms with Crippen molar-refractivity contribution in [2.45, 2.75) is 38.5 Å². The molecule has 0 N–H and O–H groups in total. The van der Waals surface area contributed by atoms with Crippen LogP contribution in [0.4, 0.5) is 23.4 Å². The number of alkyl halides is 3. The number of benzene rings is 1. The molecule has 1 fully saturated rings. The van der Waals surface area contributed by atoms with Crippen molar-refractivity contribution in [3.8, 4) is 0 Å². The molecule has 0 saturated carbocycles. The Morgan fingerprint density at radius 1 is 1.19 bits per heavy atom. The fraction of sp³-hybridized carbons (Fsp3) is 0.478. The van der Waals surface area contributed by atoms with Gasteiger partial charge in [-0.3, -0.25) is 4.90 Å². The smallest absolute Gasteiger partial charge is 0.349 e. The molecule has 1 aliphatic rings. The van der Waals surface area contributed by atoms with E-state index < -0.39 is 24.0 Å². The predicted molar refractivity (Wildman–Crippen MR) is 127 cm³/mol. The molecule has 3 unspecified atom stereocenters. The average molecular weight is 525 g/mol. The van der Waals surface area contributed by atoms with E-state index in [9.17, 15) is 17.6 Å². The van der Waals surface area contributed by atoms with Gasteiger partial charge in [-0.05, 0) is 31.0 Å². The second kappa shape index (κ2) is 9.15. The van der Waals surface area contributed by atoms with E-state index in [0.717, 1.165) is 12.6 Å². The number of fused-ring (bicyclic) bond motifs is 3. The summed E-state index contributed by atoms with van der Waals surface area (Å²) >= 11 is 5.84. The van der Waals surface area contributed by atoms with E-state index in [1.54, 1.807) is 23.1 Å². The molecular weight excluding hydrogens is 500 g/mol. The molecule has 36 heavy (non-hydrogen) atoms. The van der Waals surface area contributed by atoms with Crippen molar-refractivity contribution in [3.05, 3.63) is 47.3 Å². The monoisotopic (exact) mass is 524 g/mol. The van der Waals surface area contributed by atoms with Crippen LogP contribution in [0.15, 0.2) is 30.9 Å². The zero-order valence-electron chi connectivity index (χ0n) is 19.9. The lowest BCUT2D eigenvalue weighted by atomic mass is 9.93. The Hall–Kier alpha value is -2.99. The Kier molecular flexibility index (Phi) is 6.27. The SMILES string of the molecule is CC1CN(C(CC(C)C(F)(F)F)c2ccc(Cl)c(F)c2)CCN1c1nc2nncn2c2c1ncn2C.